The summed E-state index contributed by atoms with van der Waals surface area (Å²) in [5.74, 6) is 1.47. The van der Waals surface area contributed by atoms with Crippen molar-refractivity contribution in [1.29, 1.82) is 0 Å². The molecule has 0 bridgehead atoms. The topological polar surface area (TPSA) is 12.0 Å². The van der Waals surface area contributed by atoms with Crippen LogP contribution in [-0.2, 0) is 19.5 Å². The maximum absolute atomic E-state index is 4.27. The molecule has 30 saturated heterocycles. The number of nitrogens with one attached hydrogen (secondary N) is 1. The zero-order chi connectivity index (χ0) is 28.8. The van der Waals surface area contributed by atoms with E-state index in [0.717, 1.165) is 9.47 Å². The van der Waals surface area contributed by atoms with Crippen LogP contribution in [0.15, 0.2) is 0 Å². The van der Waals surface area contributed by atoms with Crippen LogP contribution in [0.3, 0.4) is 0 Å². The van der Waals surface area contributed by atoms with E-state index in [2.05, 4.69) is 28.4 Å². The number of rotatable bonds is 5. The van der Waals surface area contributed by atoms with Gasteiger partial charge in [0.1, 0.15) is 0 Å². The van der Waals surface area contributed by atoms with Gasteiger partial charge in [-0.05, 0) is 14.1 Å². The second-order valence-corrected chi connectivity index (χ2v) is 105. The Hall–Kier alpha value is 1.95. The Bertz CT molecular complexity index is 3690. The van der Waals surface area contributed by atoms with Gasteiger partial charge in [0.15, 0.2) is 0 Å². The standard InChI is InChI=1S/C25H30P.3C5H5.C2H7N.3Fe/c1-3-18-10-7-12-20(18)22-13-5-6-17-25(22,23-15-9-16-24(23)26)21-14-8-11-19(21)4-2;3*1-2-4-5-3-1;1-3-2;;;/h7-12,14-16,22H,3-6,13,17,26H2,1-2H3;3*1-5H;3H,1-2H3;;;. The third kappa shape index (κ3) is 0.192. The minimum atomic E-state index is -3.54. The SMILES string of the molecule is CC[C]12[CH]3[CH]4[CH]5[C]1(C1CCCCC1([C]16[CH]7[CH]8[CH]9[C]1(P)[Fe]89761%10%11%12[CH]6[CH]1[CH]%10[CH]%11[CH]6%12)[C]16[CH]7[CH]8[CH]9[C]1(CC)[Fe]89761%10%11%12[CH]6[CH]1[CH]%10[CH]%11[CH]6%12)[Fe]43521678[CH]2[CH]1[CH]6[CH]7[CH]28.CNC. The van der Waals surface area contributed by atoms with Gasteiger partial charge in [0.2, 0.25) is 0 Å². The predicted molar refractivity (Wildman–Crippen MR) is 176 cm³/mol. The van der Waals surface area contributed by atoms with Crippen LogP contribution in [0.25, 0.3) is 0 Å². The van der Waals surface area contributed by atoms with Gasteiger partial charge in [-0.15, -0.1) is 0 Å². The Kier molecular flexibility index (Phi) is 0.612. The minimum absolute atomic E-state index is 1.07. The van der Waals surface area contributed by atoms with Crippen molar-refractivity contribution in [3.63, 3.8) is 0 Å². The molecule has 31 fully saturated rings. The second kappa shape index (κ2) is 1.55. The molecule has 1 N–H and O–H groups in total. The molecule has 254 valence electrons. The zero-order valence-corrected chi connectivity index (χ0v) is 32.8. The third-order valence-electron chi connectivity index (χ3n) is 50.2. The predicted octanol–water partition coefficient (Wildman–Crippen LogP) is 12.6. The Morgan fingerprint density at radius 3 is 1.34 bits per heavy atom. The van der Waals surface area contributed by atoms with Crippen molar-refractivity contribution in [2.75, 3.05) is 14.1 Å². The maximum Gasteiger partial charge on any atom is -0.0167 e. The molecule has 0 aromatic heterocycles. The van der Waals surface area contributed by atoms with Crippen molar-refractivity contribution in [2.24, 2.45) is 11.3 Å². The summed E-state index contributed by atoms with van der Waals surface area (Å²) < 4.78 is 7.11. The number of fused-ring (bicyclic) bond motifs is 30. The van der Waals surface area contributed by atoms with E-state index in [9.17, 15) is 0 Å². The molecule has 31 rings (SSSR count). The first kappa shape index (κ1) is 18.5. The van der Waals surface area contributed by atoms with E-state index in [-0.39, 0.29) is 0 Å². The summed E-state index contributed by atoms with van der Waals surface area (Å²) in [6, 6.07) is 0. The summed E-state index contributed by atoms with van der Waals surface area (Å²) in [5, 5.41) is 2.75. The molecule has 1 nitrogen and oxygen atoms in total. The van der Waals surface area contributed by atoms with E-state index < -0.39 is 19.5 Å². The molecule has 1 saturated carbocycles. The Labute approximate surface area is 251 Å². The number of hydrogen-bond acceptors (Lipinski definition) is 1. The van der Waals surface area contributed by atoms with Crippen molar-refractivity contribution in [1.82, 2.24) is 5.32 Å². The van der Waals surface area contributed by atoms with Gasteiger partial charge in [-0.3, -0.25) is 0 Å². The van der Waals surface area contributed by atoms with Crippen molar-refractivity contribution in [3.8, 4) is 0 Å². The first-order valence-electron chi connectivity index (χ1n) is 22.2. The first-order chi connectivity index (χ1) is 22.2. The van der Waals surface area contributed by atoms with E-state index in [4.69, 9.17) is 0 Å². The quantitative estimate of drug-likeness (QED) is 0.217. The fourth-order valence-electron chi connectivity index (χ4n) is 59.5. The zero-order valence-electron chi connectivity index (χ0n) is 28.3. The van der Waals surface area contributed by atoms with Gasteiger partial charge < -0.3 is 5.32 Å². The van der Waals surface area contributed by atoms with Gasteiger partial charge in [-0.2, -0.15) is 0 Å². The van der Waals surface area contributed by atoms with Crippen LogP contribution in [-0.4, -0.2) is 18.1 Å². The van der Waals surface area contributed by atoms with Crippen LogP contribution in [0.5, 0.6) is 0 Å². The van der Waals surface area contributed by atoms with Crippen LogP contribution >= 0.6 is 9.24 Å². The molecule has 0 radical (unpaired) electrons. The maximum atomic E-state index is 4.27. The molecule has 47 heavy (non-hydrogen) atoms. The van der Waals surface area contributed by atoms with E-state index in [1.807, 2.05) is 39.8 Å². The molecule has 30 aliphatic heterocycles. The van der Waals surface area contributed by atoms with Crippen molar-refractivity contribution < 1.29 is 19.5 Å². The normalized spacial score (nSPS) is 140. The molecule has 18 atom stereocenters. The van der Waals surface area contributed by atoms with Crippen molar-refractivity contribution >= 4 is 9.24 Å². The van der Waals surface area contributed by atoms with Gasteiger partial charge in [-0.1, -0.05) is 0 Å². The smallest absolute Gasteiger partial charge is 0.0167 e. The molecule has 0 aromatic rings. The van der Waals surface area contributed by atoms with Crippen LogP contribution in [0, 0.1) is 11.3 Å². The van der Waals surface area contributed by atoms with Crippen LogP contribution in [0.1, 0.15) is 52.4 Å². The molecule has 1 aliphatic carbocycles. The van der Waals surface area contributed by atoms with Gasteiger partial charge in [-0.25, -0.2) is 0 Å². The molecule has 0 aromatic carbocycles. The van der Waals surface area contributed by atoms with Crippen LogP contribution in [0.4, 0.5) is 0 Å². The fourth-order valence-corrected chi connectivity index (χ4v) is 304. The van der Waals surface area contributed by atoms with Crippen molar-refractivity contribution in [3.05, 3.63) is 0 Å². The molecule has 3 spiro atoms. The van der Waals surface area contributed by atoms with E-state index in [0.29, 0.717) is 0 Å². The van der Waals surface area contributed by atoms with E-state index in [1.165, 1.54) is 32.3 Å². The fraction of sp³-hybridized carbons (Fsp3) is 1.00. The van der Waals surface area contributed by atoms with Gasteiger partial charge in [0.05, 0.1) is 0 Å². The molecule has 0 amide bonds. The minimum Gasteiger partial charge on any atom is -0.323 e. The Morgan fingerprint density at radius 1 is 0.532 bits per heavy atom. The van der Waals surface area contributed by atoms with Crippen LogP contribution in [0.2, 0.25) is 137 Å². The van der Waals surface area contributed by atoms with Crippen LogP contribution < -0.4 is 5.32 Å². The summed E-state index contributed by atoms with van der Waals surface area (Å²) in [5.41, 5.74) is 1.10. The average Bonchev–Trinajstić information content (AvgIpc) is 3.79. The average molecular weight is 769 g/mol. The largest absolute Gasteiger partial charge is 0.323 e. The number of hydrogen-bond donors (Lipinski definition) is 1. The van der Waals surface area contributed by atoms with Gasteiger partial charge in [0, 0.05) is 0 Å². The van der Waals surface area contributed by atoms with E-state index in [1.54, 1.807) is 124 Å². The monoisotopic (exact) mass is 769 g/mol. The molecule has 5 heteroatoms. The molecule has 30 heterocycles. The summed E-state index contributed by atoms with van der Waals surface area (Å²) in [6.07, 6.45) is 11.1. The Morgan fingerprint density at radius 2 is 1.00 bits per heavy atom. The second-order valence-electron chi connectivity index (χ2n) is 33.6. The molecular formula is C42H52Fe3NP. The summed E-state index contributed by atoms with van der Waals surface area (Å²) in [7, 11) is 8.02. The Balaban J connectivity index is 0.000000606. The van der Waals surface area contributed by atoms with Gasteiger partial charge in [0.25, 0.3) is 0 Å². The molecular weight excluding hydrogens is 717 g/mol. The first-order valence-corrected chi connectivity index (χ1v) is 41.4. The third-order valence-corrected chi connectivity index (χ3v) is 187. The van der Waals surface area contributed by atoms with Crippen molar-refractivity contribution in [2.45, 2.75) is 194 Å². The molecule has 18 unspecified atom stereocenters. The summed E-state index contributed by atoms with van der Waals surface area (Å²) in [6.45, 7) is -4.63. The molecule has 31 aliphatic rings. The van der Waals surface area contributed by atoms with Gasteiger partial charge >= 0.3 is 234 Å². The summed E-state index contributed by atoms with van der Waals surface area (Å²) in [4.78, 5) is 37.9. The van der Waals surface area contributed by atoms with E-state index >= 15 is 0 Å². The summed E-state index contributed by atoms with van der Waals surface area (Å²) >= 11 is 0.